The first-order valence-electron chi connectivity index (χ1n) is 4.77. The van der Waals surface area contributed by atoms with Gasteiger partial charge >= 0.3 is 0 Å². The molecule has 0 amide bonds. The first-order chi connectivity index (χ1) is 7.59. The van der Waals surface area contributed by atoms with Gasteiger partial charge in [-0.05, 0) is 25.5 Å². The molecule has 4 nitrogen and oxygen atoms in total. The maximum absolute atomic E-state index is 13.1. The summed E-state index contributed by atoms with van der Waals surface area (Å²) in [5.41, 5.74) is 0.959. The summed E-state index contributed by atoms with van der Waals surface area (Å²) >= 11 is 0. The number of hydrogen-bond acceptors (Lipinski definition) is 3. The predicted molar refractivity (Wildman–Crippen MR) is 57.5 cm³/mol. The van der Waals surface area contributed by atoms with E-state index < -0.39 is 11.4 Å². The second-order valence-electron chi connectivity index (χ2n) is 3.50. The Labute approximate surface area is 91.2 Å². The molecule has 0 atom stereocenters. The van der Waals surface area contributed by atoms with Crippen molar-refractivity contribution in [2.75, 3.05) is 0 Å². The maximum atomic E-state index is 13.1. The van der Waals surface area contributed by atoms with Gasteiger partial charge in [-0.25, -0.2) is 4.98 Å². The van der Waals surface area contributed by atoms with E-state index in [2.05, 4.69) is 15.0 Å². The molecule has 2 heterocycles. The number of nitrogens with one attached hydrogen (secondary N) is 1. The number of aryl methyl sites for hydroxylation is 2. The highest BCUT2D eigenvalue weighted by atomic mass is 19.1. The van der Waals surface area contributed by atoms with Gasteiger partial charge in [0.05, 0.1) is 5.69 Å². The molecule has 0 aliphatic heterocycles. The van der Waals surface area contributed by atoms with Crippen LogP contribution < -0.4 is 5.56 Å². The molecule has 82 valence electrons. The van der Waals surface area contributed by atoms with Gasteiger partial charge in [0, 0.05) is 18.0 Å². The van der Waals surface area contributed by atoms with Crippen molar-refractivity contribution < 1.29 is 4.39 Å². The van der Waals surface area contributed by atoms with Crippen LogP contribution in [-0.4, -0.2) is 15.0 Å². The third-order valence-electron chi connectivity index (χ3n) is 2.30. The van der Waals surface area contributed by atoms with Crippen molar-refractivity contribution in [2.45, 2.75) is 13.8 Å². The van der Waals surface area contributed by atoms with Crippen LogP contribution >= 0.6 is 0 Å². The molecule has 0 fully saturated rings. The average molecular weight is 219 g/mol. The van der Waals surface area contributed by atoms with E-state index in [0.717, 1.165) is 11.1 Å². The van der Waals surface area contributed by atoms with Gasteiger partial charge in [0.25, 0.3) is 5.56 Å². The SMILES string of the molecule is Cc1cnccc1-c1nc(C)c(F)c(=O)[nH]1. The molecule has 2 aromatic heterocycles. The van der Waals surface area contributed by atoms with Crippen LogP contribution in [0, 0.1) is 19.7 Å². The lowest BCUT2D eigenvalue weighted by molar-refractivity contribution is 0.589. The lowest BCUT2D eigenvalue weighted by Gasteiger charge is -2.05. The fourth-order valence-corrected chi connectivity index (χ4v) is 1.44. The predicted octanol–water partition coefficient (Wildman–Crippen LogP) is 1.59. The summed E-state index contributed by atoms with van der Waals surface area (Å²) in [6.45, 7) is 3.31. The van der Waals surface area contributed by atoms with Gasteiger partial charge in [0.15, 0.2) is 0 Å². The molecule has 0 bridgehead atoms. The Hall–Kier alpha value is -2.04. The van der Waals surface area contributed by atoms with Gasteiger partial charge in [-0.15, -0.1) is 0 Å². The molecule has 2 rings (SSSR count). The Morgan fingerprint density at radius 2 is 2.12 bits per heavy atom. The second kappa shape index (κ2) is 3.84. The van der Waals surface area contributed by atoms with Crippen LogP contribution in [-0.2, 0) is 0 Å². The molecule has 0 unspecified atom stereocenters. The fourth-order valence-electron chi connectivity index (χ4n) is 1.44. The second-order valence-corrected chi connectivity index (χ2v) is 3.50. The molecule has 0 radical (unpaired) electrons. The van der Waals surface area contributed by atoms with E-state index in [0.29, 0.717) is 5.82 Å². The number of aromatic amines is 1. The van der Waals surface area contributed by atoms with Crippen LogP contribution in [0.1, 0.15) is 11.3 Å². The van der Waals surface area contributed by atoms with Gasteiger partial charge < -0.3 is 4.98 Å². The van der Waals surface area contributed by atoms with Crippen molar-refractivity contribution in [3.05, 3.63) is 45.9 Å². The lowest BCUT2D eigenvalue weighted by Crippen LogP contribution is -2.15. The molecule has 0 saturated heterocycles. The zero-order valence-electron chi connectivity index (χ0n) is 8.91. The van der Waals surface area contributed by atoms with Crippen LogP contribution in [0.4, 0.5) is 4.39 Å². The highest BCUT2D eigenvalue weighted by Crippen LogP contribution is 2.17. The Balaban J connectivity index is 2.67. The Morgan fingerprint density at radius 3 is 2.75 bits per heavy atom. The molecule has 0 aliphatic rings. The minimum Gasteiger partial charge on any atom is -0.304 e. The third-order valence-corrected chi connectivity index (χ3v) is 2.30. The number of halogens is 1. The monoisotopic (exact) mass is 219 g/mol. The summed E-state index contributed by atoms with van der Waals surface area (Å²) in [4.78, 5) is 21.6. The molecule has 0 saturated carbocycles. The minimum absolute atomic E-state index is 0.0926. The summed E-state index contributed by atoms with van der Waals surface area (Å²) in [5, 5.41) is 0. The van der Waals surface area contributed by atoms with Crippen LogP contribution in [0.5, 0.6) is 0 Å². The zero-order valence-corrected chi connectivity index (χ0v) is 8.91. The molecule has 1 N–H and O–H groups in total. The van der Waals surface area contributed by atoms with Crippen LogP contribution in [0.3, 0.4) is 0 Å². The Morgan fingerprint density at radius 1 is 1.38 bits per heavy atom. The molecule has 5 heteroatoms. The van der Waals surface area contributed by atoms with E-state index in [1.54, 1.807) is 18.5 Å². The number of rotatable bonds is 1. The summed E-state index contributed by atoms with van der Waals surface area (Å²) in [5.74, 6) is -0.473. The van der Waals surface area contributed by atoms with E-state index in [1.165, 1.54) is 6.92 Å². The van der Waals surface area contributed by atoms with Gasteiger partial charge in [-0.3, -0.25) is 9.78 Å². The van der Waals surface area contributed by atoms with E-state index in [1.807, 2.05) is 6.92 Å². The van der Waals surface area contributed by atoms with Crippen molar-refractivity contribution in [1.82, 2.24) is 15.0 Å². The first kappa shape index (κ1) is 10.5. The minimum atomic E-state index is -0.838. The lowest BCUT2D eigenvalue weighted by atomic mass is 10.1. The maximum Gasteiger partial charge on any atom is 0.287 e. The average Bonchev–Trinajstić information content (AvgIpc) is 2.26. The van der Waals surface area contributed by atoms with Crippen LogP contribution in [0.15, 0.2) is 23.3 Å². The normalized spacial score (nSPS) is 10.4. The number of nitrogens with zero attached hydrogens (tertiary/aromatic N) is 2. The number of aromatic nitrogens is 3. The highest BCUT2D eigenvalue weighted by molar-refractivity contribution is 5.58. The summed E-state index contributed by atoms with van der Waals surface area (Å²) < 4.78 is 13.1. The van der Waals surface area contributed by atoms with Crippen molar-refractivity contribution in [3.8, 4) is 11.4 Å². The fraction of sp³-hybridized carbons (Fsp3) is 0.182. The van der Waals surface area contributed by atoms with Crippen molar-refractivity contribution in [2.24, 2.45) is 0 Å². The zero-order chi connectivity index (χ0) is 11.7. The van der Waals surface area contributed by atoms with Gasteiger partial charge in [0.2, 0.25) is 5.82 Å². The molecule has 0 aromatic carbocycles. The molecular formula is C11H10FN3O. The molecule has 0 aliphatic carbocycles. The van der Waals surface area contributed by atoms with Crippen molar-refractivity contribution in [3.63, 3.8) is 0 Å². The van der Waals surface area contributed by atoms with Gasteiger partial charge in [-0.1, -0.05) is 0 Å². The topological polar surface area (TPSA) is 58.6 Å². The Kier molecular flexibility index (Phi) is 2.52. The number of H-pyrrole nitrogens is 1. The standard InChI is InChI=1S/C11H10FN3O/c1-6-5-13-4-3-8(6)10-14-7(2)9(12)11(16)15-10/h3-5H,1-2H3,(H,14,15,16). The summed E-state index contributed by atoms with van der Waals surface area (Å²) in [6, 6.07) is 1.73. The number of pyridine rings is 1. The van der Waals surface area contributed by atoms with Gasteiger partial charge in [-0.2, -0.15) is 4.39 Å². The molecule has 16 heavy (non-hydrogen) atoms. The highest BCUT2D eigenvalue weighted by Gasteiger charge is 2.09. The van der Waals surface area contributed by atoms with E-state index >= 15 is 0 Å². The molecular weight excluding hydrogens is 209 g/mol. The van der Waals surface area contributed by atoms with Crippen molar-refractivity contribution >= 4 is 0 Å². The number of hydrogen-bond donors (Lipinski definition) is 1. The van der Waals surface area contributed by atoms with E-state index in [-0.39, 0.29) is 5.69 Å². The van der Waals surface area contributed by atoms with E-state index in [4.69, 9.17) is 0 Å². The smallest absolute Gasteiger partial charge is 0.287 e. The van der Waals surface area contributed by atoms with E-state index in [9.17, 15) is 9.18 Å². The quantitative estimate of drug-likeness (QED) is 0.792. The molecule has 0 spiro atoms. The molecule has 2 aromatic rings. The van der Waals surface area contributed by atoms with Gasteiger partial charge in [0.1, 0.15) is 5.82 Å². The van der Waals surface area contributed by atoms with Crippen LogP contribution in [0.2, 0.25) is 0 Å². The van der Waals surface area contributed by atoms with Crippen LogP contribution in [0.25, 0.3) is 11.4 Å². The summed E-state index contributed by atoms with van der Waals surface area (Å²) in [6.07, 6.45) is 3.26. The largest absolute Gasteiger partial charge is 0.304 e. The first-order valence-corrected chi connectivity index (χ1v) is 4.77. The summed E-state index contributed by atoms with van der Waals surface area (Å²) in [7, 11) is 0. The van der Waals surface area contributed by atoms with Crippen molar-refractivity contribution in [1.29, 1.82) is 0 Å². The third kappa shape index (κ3) is 1.71. The Bertz CT molecular complexity index is 592.